The molecule has 30 heavy (non-hydrogen) atoms. The van der Waals surface area contributed by atoms with E-state index in [-0.39, 0.29) is 23.3 Å². The van der Waals surface area contributed by atoms with Crippen molar-refractivity contribution in [2.75, 3.05) is 25.4 Å². The van der Waals surface area contributed by atoms with Gasteiger partial charge in [0.05, 0.1) is 22.8 Å². The second-order valence-electron chi connectivity index (χ2n) is 7.87. The number of aromatic nitrogens is 2. The second-order valence-corrected chi connectivity index (χ2v) is 9.25. The van der Waals surface area contributed by atoms with Crippen molar-refractivity contribution in [2.24, 2.45) is 0 Å². The van der Waals surface area contributed by atoms with Gasteiger partial charge in [-0.05, 0) is 51.3 Å². The predicted octanol–water partition coefficient (Wildman–Crippen LogP) is 4.36. The zero-order chi connectivity index (χ0) is 21.5. The Labute approximate surface area is 186 Å². The van der Waals surface area contributed by atoms with Crippen LogP contribution in [0.2, 0.25) is 5.02 Å². The van der Waals surface area contributed by atoms with Crippen LogP contribution < -0.4 is 5.56 Å². The monoisotopic (exact) mass is 451 g/mol. The second kappa shape index (κ2) is 11.2. The number of halogens is 1. The van der Waals surface area contributed by atoms with Gasteiger partial charge in [0.2, 0.25) is 5.91 Å². The molecule has 0 unspecified atom stereocenters. The van der Waals surface area contributed by atoms with E-state index in [2.05, 4.69) is 4.98 Å². The molecule has 0 radical (unpaired) electrons. The van der Waals surface area contributed by atoms with Crippen LogP contribution in [0.1, 0.15) is 46.0 Å². The van der Waals surface area contributed by atoms with Crippen LogP contribution in [0.5, 0.6) is 0 Å². The Morgan fingerprint density at radius 2 is 1.97 bits per heavy atom. The summed E-state index contributed by atoms with van der Waals surface area (Å²) in [5.41, 5.74) is 0.456. The van der Waals surface area contributed by atoms with E-state index in [1.807, 2.05) is 18.7 Å². The van der Waals surface area contributed by atoms with Gasteiger partial charge in [-0.15, -0.1) is 0 Å². The third-order valence-corrected chi connectivity index (χ3v) is 6.34. The summed E-state index contributed by atoms with van der Waals surface area (Å²) >= 11 is 7.44. The highest BCUT2D eigenvalue weighted by atomic mass is 35.5. The number of carbonyl (C=O) groups excluding carboxylic acids is 1. The fraction of sp³-hybridized carbons (Fsp3) is 0.591. The molecule has 0 saturated carbocycles. The van der Waals surface area contributed by atoms with Crippen LogP contribution in [0, 0.1) is 0 Å². The number of ether oxygens (including phenoxy) is 1. The van der Waals surface area contributed by atoms with E-state index in [1.165, 1.54) is 24.6 Å². The van der Waals surface area contributed by atoms with Crippen molar-refractivity contribution in [2.45, 2.75) is 63.8 Å². The van der Waals surface area contributed by atoms with Crippen LogP contribution in [-0.4, -0.2) is 51.9 Å². The molecule has 1 aliphatic heterocycles. The van der Waals surface area contributed by atoms with Gasteiger partial charge in [0.15, 0.2) is 5.16 Å². The van der Waals surface area contributed by atoms with Crippen molar-refractivity contribution in [1.82, 2.24) is 14.5 Å². The van der Waals surface area contributed by atoms with Gasteiger partial charge >= 0.3 is 0 Å². The lowest BCUT2D eigenvalue weighted by Crippen LogP contribution is -2.33. The third kappa shape index (κ3) is 6.22. The fourth-order valence-corrected chi connectivity index (χ4v) is 4.65. The first-order valence-corrected chi connectivity index (χ1v) is 12.0. The minimum Gasteiger partial charge on any atom is -0.379 e. The Bertz CT molecular complexity index is 924. The predicted molar refractivity (Wildman–Crippen MR) is 122 cm³/mol. The lowest BCUT2D eigenvalue weighted by Gasteiger charge is -2.20. The van der Waals surface area contributed by atoms with E-state index in [0.717, 1.165) is 25.9 Å². The van der Waals surface area contributed by atoms with Gasteiger partial charge in [-0.1, -0.05) is 36.2 Å². The quantitative estimate of drug-likeness (QED) is 0.339. The fourth-order valence-electron chi connectivity index (χ4n) is 3.56. The summed E-state index contributed by atoms with van der Waals surface area (Å²) in [6, 6.07) is 5.12. The Morgan fingerprint density at radius 1 is 1.23 bits per heavy atom. The zero-order valence-electron chi connectivity index (χ0n) is 17.7. The van der Waals surface area contributed by atoms with E-state index in [4.69, 9.17) is 16.3 Å². The van der Waals surface area contributed by atoms with Gasteiger partial charge in [0, 0.05) is 31.3 Å². The lowest BCUT2D eigenvalue weighted by molar-refractivity contribution is -0.128. The van der Waals surface area contributed by atoms with Crippen LogP contribution in [0.4, 0.5) is 0 Å². The normalized spacial score (nSPS) is 15.0. The Hall–Kier alpha value is -1.57. The largest absolute Gasteiger partial charge is 0.379 e. The first-order valence-electron chi connectivity index (χ1n) is 10.7. The van der Waals surface area contributed by atoms with Gasteiger partial charge < -0.3 is 9.64 Å². The van der Waals surface area contributed by atoms with E-state index in [0.29, 0.717) is 40.7 Å². The van der Waals surface area contributed by atoms with Gasteiger partial charge in [-0.2, -0.15) is 0 Å². The maximum Gasteiger partial charge on any atom is 0.262 e. The summed E-state index contributed by atoms with van der Waals surface area (Å²) in [4.78, 5) is 32.5. The van der Waals surface area contributed by atoms with E-state index < -0.39 is 0 Å². The van der Waals surface area contributed by atoms with Crippen molar-refractivity contribution in [3.8, 4) is 0 Å². The molecule has 0 aliphatic carbocycles. The number of thioether (sulfide) groups is 1. The van der Waals surface area contributed by atoms with Gasteiger partial charge in [-0.3, -0.25) is 14.2 Å². The first kappa shape index (κ1) is 23.1. The summed E-state index contributed by atoms with van der Waals surface area (Å²) in [6.07, 6.45) is 5.34. The number of rotatable bonds is 8. The molecule has 1 aromatic heterocycles. The molecule has 1 amide bonds. The molecule has 3 rings (SSSR count). The number of nitrogens with zero attached hydrogens (tertiary/aromatic N) is 3. The van der Waals surface area contributed by atoms with Crippen LogP contribution in [0.25, 0.3) is 10.9 Å². The molecule has 0 atom stereocenters. The highest BCUT2D eigenvalue weighted by Gasteiger charge is 2.18. The Morgan fingerprint density at radius 3 is 2.67 bits per heavy atom. The standard InChI is InChI=1S/C22H30ClN3O3S/c1-16(2)29-13-7-12-26-21(28)18-9-8-17(23)14-19(18)24-22(26)30-15-20(27)25-10-5-3-4-6-11-25/h8-9,14,16H,3-7,10-13,15H2,1-2H3. The average Bonchev–Trinajstić information content (AvgIpc) is 3.00. The molecule has 0 N–H and O–H groups in total. The van der Waals surface area contributed by atoms with E-state index >= 15 is 0 Å². The smallest absolute Gasteiger partial charge is 0.262 e. The van der Waals surface area contributed by atoms with Gasteiger partial charge in [0.25, 0.3) is 5.56 Å². The number of benzene rings is 1. The lowest BCUT2D eigenvalue weighted by atomic mass is 10.2. The molecule has 8 heteroatoms. The summed E-state index contributed by atoms with van der Waals surface area (Å²) < 4.78 is 7.28. The number of hydrogen-bond donors (Lipinski definition) is 0. The highest BCUT2D eigenvalue weighted by Crippen LogP contribution is 2.22. The summed E-state index contributed by atoms with van der Waals surface area (Å²) in [5.74, 6) is 0.387. The van der Waals surface area contributed by atoms with Crippen molar-refractivity contribution in [3.63, 3.8) is 0 Å². The van der Waals surface area contributed by atoms with Crippen molar-refractivity contribution < 1.29 is 9.53 Å². The Balaban J connectivity index is 1.80. The van der Waals surface area contributed by atoms with Gasteiger partial charge in [-0.25, -0.2) is 4.98 Å². The molecule has 0 spiro atoms. The topological polar surface area (TPSA) is 64.4 Å². The molecule has 1 aromatic carbocycles. The minimum atomic E-state index is -0.106. The van der Waals surface area contributed by atoms with E-state index in [9.17, 15) is 9.59 Å². The molecule has 1 aliphatic rings. The van der Waals surface area contributed by atoms with Crippen molar-refractivity contribution in [3.05, 3.63) is 33.6 Å². The minimum absolute atomic E-state index is 0.106. The number of carbonyl (C=O) groups is 1. The molecule has 2 heterocycles. The number of hydrogen-bond acceptors (Lipinski definition) is 5. The third-order valence-electron chi connectivity index (χ3n) is 5.14. The van der Waals surface area contributed by atoms with Crippen molar-refractivity contribution in [1.29, 1.82) is 0 Å². The number of amides is 1. The maximum absolute atomic E-state index is 13.1. The van der Waals surface area contributed by atoms with E-state index in [1.54, 1.807) is 22.8 Å². The van der Waals surface area contributed by atoms with Gasteiger partial charge in [0.1, 0.15) is 0 Å². The average molecular weight is 452 g/mol. The molecule has 164 valence electrons. The number of fused-ring (bicyclic) bond motifs is 1. The zero-order valence-corrected chi connectivity index (χ0v) is 19.3. The van der Waals surface area contributed by atoms with Crippen LogP contribution in [-0.2, 0) is 16.1 Å². The summed E-state index contributed by atoms with van der Waals surface area (Å²) in [5, 5.41) is 1.63. The van der Waals surface area contributed by atoms with Crippen molar-refractivity contribution >= 4 is 40.2 Å². The summed E-state index contributed by atoms with van der Waals surface area (Å²) in [6.45, 7) is 6.68. The maximum atomic E-state index is 13.1. The number of likely N-dealkylation sites (tertiary alicyclic amines) is 1. The SMILES string of the molecule is CC(C)OCCCn1c(SCC(=O)N2CCCCCC2)nc2cc(Cl)ccc2c1=O. The molecular weight excluding hydrogens is 422 g/mol. The molecular formula is C22H30ClN3O3S. The highest BCUT2D eigenvalue weighted by molar-refractivity contribution is 7.99. The molecule has 1 fully saturated rings. The molecule has 6 nitrogen and oxygen atoms in total. The molecule has 0 bridgehead atoms. The first-order chi connectivity index (χ1) is 14.5. The molecule has 1 saturated heterocycles. The molecule has 2 aromatic rings. The summed E-state index contributed by atoms with van der Waals surface area (Å²) in [7, 11) is 0. The van der Waals surface area contributed by atoms with Crippen LogP contribution in [0.3, 0.4) is 0 Å². The van der Waals surface area contributed by atoms with Crippen LogP contribution >= 0.6 is 23.4 Å². The Kier molecular flexibility index (Phi) is 8.60. The van der Waals surface area contributed by atoms with Crippen LogP contribution in [0.15, 0.2) is 28.2 Å².